The van der Waals surface area contributed by atoms with Gasteiger partial charge in [0.15, 0.2) is 0 Å². The van der Waals surface area contributed by atoms with Gasteiger partial charge >= 0.3 is 0 Å². The van der Waals surface area contributed by atoms with Crippen LogP contribution < -0.4 is 0 Å². The fourth-order valence-electron chi connectivity index (χ4n) is 1.99. The Labute approximate surface area is 81.9 Å². The Balaban J connectivity index is 1.91. The Bertz CT molecular complexity index is 134. The van der Waals surface area contributed by atoms with Crippen molar-refractivity contribution in [3.05, 3.63) is 12.2 Å². The molecule has 1 rings (SSSR count). The summed E-state index contributed by atoms with van der Waals surface area (Å²) >= 11 is 0. The summed E-state index contributed by atoms with van der Waals surface area (Å²) in [6.45, 7) is 0.354. The standard InChI is InChI=1S/C12H22O/c13-11-7-3-1-2-4-8-12-9-5-6-10-12/h4,8,12-13H,1-3,5-7,9-11H2/b8-4+. The largest absolute Gasteiger partial charge is 0.396 e. The molecule has 0 spiro atoms. The lowest BCUT2D eigenvalue weighted by molar-refractivity contribution is 0.283. The van der Waals surface area contributed by atoms with E-state index in [0.29, 0.717) is 6.61 Å². The molecular weight excluding hydrogens is 160 g/mol. The van der Waals surface area contributed by atoms with Crippen molar-refractivity contribution in [2.24, 2.45) is 5.92 Å². The summed E-state index contributed by atoms with van der Waals surface area (Å²) in [7, 11) is 0. The van der Waals surface area contributed by atoms with Gasteiger partial charge in [-0.2, -0.15) is 0 Å². The number of rotatable bonds is 6. The molecule has 1 nitrogen and oxygen atoms in total. The number of aliphatic hydroxyl groups excluding tert-OH is 1. The Kier molecular flexibility index (Phi) is 5.92. The lowest BCUT2D eigenvalue weighted by Gasteiger charge is -1.99. The van der Waals surface area contributed by atoms with Crippen LogP contribution in [0, 0.1) is 5.92 Å². The average molecular weight is 182 g/mol. The van der Waals surface area contributed by atoms with E-state index in [1.165, 1.54) is 44.9 Å². The van der Waals surface area contributed by atoms with Crippen LogP contribution in [-0.2, 0) is 0 Å². The summed E-state index contributed by atoms with van der Waals surface area (Å²) in [5.74, 6) is 0.887. The van der Waals surface area contributed by atoms with Gasteiger partial charge in [-0.25, -0.2) is 0 Å². The molecule has 0 unspecified atom stereocenters. The summed E-state index contributed by atoms with van der Waals surface area (Å²) < 4.78 is 0. The molecule has 1 saturated carbocycles. The number of allylic oxidation sites excluding steroid dienone is 2. The van der Waals surface area contributed by atoms with E-state index in [-0.39, 0.29) is 0 Å². The van der Waals surface area contributed by atoms with Crippen LogP contribution in [0.4, 0.5) is 0 Å². The van der Waals surface area contributed by atoms with E-state index >= 15 is 0 Å². The molecule has 76 valence electrons. The number of hydrogen-bond donors (Lipinski definition) is 1. The first-order chi connectivity index (χ1) is 6.43. The summed E-state index contributed by atoms with van der Waals surface area (Å²) in [4.78, 5) is 0. The quantitative estimate of drug-likeness (QED) is 0.493. The van der Waals surface area contributed by atoms with Gasteiger partial charge in [0.05, 0.1) is 0 Å². The maximum Gasteiger partial charge on any atom is 0.0431 e. The second-order valence-corrected chi connectivity index (χ2v) is 4.05. The second kappa shape index (κ2) is 7.14. The van der Waals surface area contributed by atoms with Crippen LogP contribution in [-0.4, -0.2) is 11.7 Å². The minimum Gasteiger partial charge on any atom is -0.396 e. The highest BCUT2D eigenvalue weighted by Gasteiger charge is 2.10. The van der Waals surface area contributed by atoms with Gasteiger partial charge in [-0.15, -0.1) is 0 Å². The number of unbranched alkanes of at least 4 members (excludes halogenated alkanes) is 3. The molecule has 0 amide bonds. The third kappa shape index (κ3) is 5.09. The van der Waals surface area contributed by atoms with Crippen molar-refractivity contribution in [2.75, 3.05) is 6.61 Å². The SMILES string of the molecule is OCCCCC/C=C/C1CCCC1. The normalized spacial score (nSPS) is 18.8. The van der Waals surface area contributed by atoms with Gasteiger partial charge in [-0.3, -0.25) is 0 Å². The Morgan fingerprint density at radius 2 is 1.85 bits per heavy atom. The zero-order chi connectivity index (χ0) is 9.36. The lowest BCUT2D eigenvalue weighted by Crippen LogP contribution is -1.86. The average Bonchev–Trinajstić information content (AvgIpc) is 2.63. The molecule has 0 bridgehead atoms. The zero-order valence-corrected chi connectivity index (χ0v) is 8.54. The van der Waals surface area contributed by atoms with Crippen LogP contribution in [0.25, 0.3) is 0 Å². The molecule has 1 N–H and O–H groups in total. The molecule has 13 heavy (non-hydrogen) atoms. The smallest absolute Gasteiger partial charge is 0.0431 e. The predicted octanol–water partition coefficient (Wildman–Crippen LogP) is 3.29. The van der Waals surface area contributed by atoms with E-state index in [0.717, 1.165) is 12.3 Å². The van der Waals surface area contributed by atoms with Crippen molar-refractivity contribution >= 4 is 0 Å². The van der Waals surface area contributed by atoms with E-state index < -0.39 is 0 Å². The topological polar surface area (TPSA) is 20.2 Å². The summed E-state index contributed by atoms with van der Waals surface area (Å²) in [6, 6.07) is 0. The lowest BCUT2D eigenvalue weighted by atomic mass is 10.1. The van der Waals surface area contributed by atoms with Gasteiger partial charge in [0.1, 0.15) is 0 Å². The van der Waals surface area contributed by atoms with Gasteiger partial charge in [-0.05, 0) is 38.0 Å². The monoisotopic (exact) mass is 182 g/mol. The van der Waals surface area contributed by atoms with E-state index in [9.17, 15) is 0 Å². The first-order valence-electron chi connectivity index (χ1n) is 5.71. The molecule has 0 aromatic heterocycles. The molecule has 0 heterocycles. The molecule has 0 aromatic rings. The molecule has 1 aliphatic carbocycles. The van der Waals surface area contributed by atoms with Crippen LogP contribution in [0.5, 0.6) is 0 Å². The van der Waals surface area contributed by atoms with Gasteiger partial charge in [-0.1, -0.05) is 31.4 Å². The Hall–Kier alpha value is -0.300. The molecule has 0 aromatic carbocycles. The third-order valence-corrected chi connectivity index (χ3v) is 2.84. The Morgan fingerprint density at radius 3 is 2.54 bits per heavy atom. The van der Waals surface area contributed by atoms with Crippen molar-refractivity contribution in [3.63, 3.8) is 0 Å². The van der Waals surface area contributed by atoms with Crippen molar-refractivity contribution in [1.29, 1.82) is 0 Å². The highest BCUT2D eigenvalue weighted by molar-refractivity contribution is 4.90. The zero-order valence-electron chi connectivity index (χ0n) is 8.54. The Morgan fingerprint density at radius 1 is 1.08 bits per heavy atom. The third-order valence-electron chi connectivity index (χ3n) is 2.84. The van der Waals surface area contributed by atoms with Crippen molar-refractivity contribution in [1.82, 2.24) is 0 Å². The minimum absolute atomic E-state index is 0.354. The molecule has 1 heteroatoms. The van der Waals surface area contributed by atoms with Crippen molar-refractivity contribution in [3.8, 4) is 0 Å². The van der Waals surface area contributed by atoms with Gasteiger partial charge in [0.25, 0.3) is 0 Å². The van der Waals surface area contributed by atoms with Crippen LogP contribution in [0.2, 0.25) is 0 Å². The fraction of sp³-hybridized carbons (Fsp3) is 0.833. The first-order valence-corrected chi connectivity index (χ1v) is 5.71. The predicted molar refractivity (Wildman–Crippen MR) is 56.7 cm³/mol. The molecule has 0 aliphatic heterocycles. The van der Waals surface area contributed by atoms with Gasteiger partial charge in [0.2, 0.25) is 0 Å². The van der Waals surface area contributed by atoms with Crippen LogP contribution >= 0.6 is 0 Å². The molecular formula is C12H22O. The minimum atomic E-state index is 0.354. The first kappa shape index (κ1) is 10.8. The highest BCUT2D eigenvalue weighted by Crippen LogP contribution is 2.25. The summed E-state index contributed by atoms with van der Waals surface area (Å²) in [5, 5.41) is 8.58. The molecule has 1 aliphatic rings. The van der Waals surface area contributed by atoms with Crippen LogP contribution in [0.1, 0.15) is 51.4 Å². The number of hydrogen-bond acceptors (Lipinski definition) is 1. The van der Waals surface area contributed by atoms with Crippen LogP contribution in [0.15, 0.2) is 12.2 Å². The highest BCUT2D eigenvalue weighted by atomic mass is 16.2. The number of aliphatic hydroxyl groups is 1. The van der Waals surface area contributed by atoms with Crippen molar-refractivity contribution in [2.45, 2.75) is 51.4 Å². The van der Waals surface area contributed by atoms with Gasteiger partial charge < -0.3 is 5.11 Å². The molecule has 0 saturated heterocycles. The summed E-state index contributed by atoms with van der Waals surface area (Å²) in [6.07, 6.45) is 15.0. The fourth-order valence-corrected chi connectivity index (χ4v) is 1.99. The maximum atomic E-state index is 8.58. The maximum absolute atomic E-state index is 8.58. The van der Waals surface area contributed by atoms with Crippen molar-refractivity contribution < 1.29 is 5.11 Å². The van der Waals surface area contributed by atoms with E-state index in [2.05, 4.69) is 12.2 Å². The van der Waals surface area contributed by atoms with Crippen LogP contribution in [0.3, 0.4) is 0 Å². The van der Waals surface area contributed by atoms with Gasteiger partial charge in [0, 0.05) is 6.61 Å². The molecule has 1 fully saturated rings. The van der Waals surface area contributed by atoms with E-state index in [1.807, 2.05) is 0 Å². The second-order valence-electron chi connectivity index (χ2n) is 4.05. The molecule has 0 atom stereocenters. The molecule has 0 radical (unpaired) electrons. The van der Waals surface area contributed by atoms with E-state index in [1.54, 1.807) is 0 Å². The van der Waals surface area contributed by atoms with E-state index in [4.69, 9.17) is 5.11 Å². The summed E-state index contributed by atoms with van der Waals surface area (Å²) in [5.41, 5.74) is 0.